The van der Waals surface area contributed by atoms with Gasteiger partial charge in [-0.15, -0.1) is 0 Å². The first-order valence-corrected chi connectivity index (χ1v) is 9.47. The summed E-state index contributed by atoms with van der Waals surface area (Å²) >= 11 is 0. The molecule has 0 atom stereocenters. The van der Waals surface area contributed by atoms with E-state index in [4.69, 9.17) is 0 Å². The van der Waals surface area contributed by atoms with E-state index >= 15 is 0 Å². The topological polar surface area (TPSA) is 69.7 Å². The molecule has 0 unspecified atom stereocenters. The number of amides is 3. The van der Waals surface area contributed by atoms with Crippen LogP contribution in [0.25, 0.3) is 0 Å². The molecule has 0 aliphatic carbocycles. The Bertz CT molecular complexity index is 641. The van der Waals surface area contributed by atoms with Gasteiger partial charge in [-0.1, -0.05) is 12.1 Å². The van der Waals surface area contributed by atoms with Crippen molar-refractivity contribution in [2.75, 3.05) is 25.0 Å². The van der Waals surface area contributed by atoms with Gasteiger partial charge in [-0.2, -0.15) is 0 Å². The number of carbonyl (C=O) groups is 3. The van der Waals surface area contributed by atoms with Crippen LogP contribution in [-0.2, 0) is 20.9 Å². The van der Waals surface area contributed by atoms with E-state index in [2.05, 4.69) is 5.32 Å². The lowest BCUT2D eigenvalue weighted by Gasteiger charge is -2.18. The number of rotatable bonds is 9. The molecular formula is C20H29N3O3. The van der Waals surface area contributed by atoms with Crippen molar-refractivity contribution < 1.29 is 14.4 Å². The van der Waals surface area contributed by atoms with Gasteiger partial charge < -0.3 is 15.1 Å². The van der Waals surface area contributed by atoms with Crippen LogP contribution in [0.1, 0.15) is 51.5 Å². The molecule has 3 amide bonds. The molecule has 6 nitrogen and oxygen atoms in total. The Balaban J connectivity index is 1.79. The molecule has 1 fully saturated rings. The van der Waals surface area contributed by atoms with Gasteiger partial charge in [0, 0.05) is 51.1 Å². The highest BCUT2D eigenvalue weighted by Gasteiger charge is 2.20. The van der Waals surface area contributed by atoms with Crippen LogP contribution in [0.3, 0.4) is 0 Å². The molecular weight excluding hydrogens is 330 g/mol. The second kappa shape index (κ2) is 9.94. The maximum absolute atomic E-state index is 12.1. The molecule has 0 bridgehead atoms. The summed E-state index contributed by atoms with van der Waals surface area (Å²) in [4.78, 5) is 39.4. The number of benzene rings is 1. The Kier molecular flexibility index (Phi) is 7.63. The number of hydrogen-bond donors (Lipinski definition) is 1. The summed E-state index contributed by atoms with van der Waals surface area (Å²) in [6, 6.07) is 7.60. The minimum Gasteiger partial charge on any atom is -0.343 e. The fourth-order valence-corrected chi connectivity index (χ4v) is 3.20. The number of hydrogen-bond acceptors (Lipinski definition) is 3. The molecule has 1 aliphatic heterocycles. The fourth-order valence-electron chi connectivity index (χ4n) is 3.20. The summed E-state index contributed by atoms with van der Waals surface area (Å²) < 4.78 is 0. The zero-order chi connectivity index (χ0) is 18.9. The predicted molar refractivity (Wildman–Crippen MR) is 102 cm³/mol. The molecule has 6 heteroatoms. The maximum atomic E-state index is 12.1. The molecule has 0 spiro atoms. The maximum Gasteiger partial charge on any atom is 0.224 e. The summed E-state index contributed by atoms with van der Waals surface area (Å²) in [6.07, 6.45) is 2.81. The second-order valence-corrected chi connectivity index (χ2v) is 6.59. The number of anilines is 1. The zero-order valence-electron chi connectivity index (χ0n) is 15.8. The molecule has 2 rings (SSSR count). The van der Waals surface area contributed by atoms with Crippen LogP contribution in [0, 0.1) is 0 Å². The van der Waals surface area contributed by atoms with Gasteiger partial charge in [-0.05, 0) is 44.4 Å². The molecule has 1 aliphatic rings. The standard InChI is InChI=1S/C20H29N3O3/c1-3-22(4-2)19(25)11-6-10-18(24)21-17-9-5-8-16(14-17)15-23-13-7-12-20(23)26/h5,8-9,14H,3-4,6-7,10-13,15H2,1-2H3,(H,21,24). The highest BCUT2D eigenvalue weighted by Crippen LogP contribution is 2.17. The Hall–Kier alpha value is -2.37. The molecule has 0 radical (unpaired) electrons. The monoisotopic (exact) mass is 359 g/mol. The van der Waals surface area contributed by atoms with E-state index in [1.807, 2.05) is 43.0 Å². The van der Waals surface area contributed by atoms with E-state index < -0.39 is 0 Å². The van der Waals surface area contributed by atoms with Crippen LogP contribution in [0.5, 0.6) is 0 Å². The number of likely N-dealkylation sites (tertiary alicyclic amines) is 1. The van der Waals surface area contributed by atoms with E-state index in [-0.39, 0.29) is 17.7 Å². The van der Waals surface area contributed by atoms with Crippen molar-refractivity contribution in [2.24, 2.45) is 0 Å². The summed E-state index contributed by atoms with van der Waals surface area (Å²) in [5.41, 5.74) is 1.74. The third-order valence-corrected chi connectivity index (χ3v) is 4.67. The van der Waals surface area contributed by atoms with E-state index in [1.54, 1.807) is 4.90 Å². The first-order valence-electron chi connectivity index (χ1n) is 9.47. The van der Waals surface area contributed by atoms with Gasteiger partial charge >= 0.3 is 0 Å². The average molecular weight is 359 g/mol. The van der Waals surface area contributed by atoms with Gasteiger partial charge in [0.05, 0.1) is 0 Å². The smallest absolute Gasteiger partial charge is 0.224 e. The number of nitrogens with one attached hydrogen (secondary N) is 1. The van der Waals surface area contributed by atoms with Crippen molar-refractivity contribution in [3.05, 3.63) is 29.8 Å². The average Bonchev–Trinajstić information content (AvgIpc) is 3.01. The molecule has 1 heterocycles. The molecule has 1 N–H and O–H groups in total. The van der Waals surface area contributed by atoms with Gasteiger partial charge in [-0.3, -0.25) is 14.4 Å². The van der Waals surface area contributed by atoms with Gasteiger partial charge in [0.15, 0.2) is 0 Å². The highest BCUT2D eigenvalue weighted by atomic mass is 16.2. The predicted octanol–water partition coefficient (Wildman–Crippen LogP) is 2.79. The van der Waals surface area contributed by atoms with E-state index in [0.29, 0.717) is 45.3 Å². The Morgan fingerprint density at radius 3 is 2.62 bits per heavy atom. The van der Waals surface area contributed by atoms with Gasteiger partial charge in [-0.25, -0.2) is 0 Å². The molecule has 1 aromatic carbocycles. The van der Waals surface area contributed by atoms with Crippen molar-refractivity contribution in [3.8, 4) is 0 Å². The Labute approximate surface area is 155 Å². The first-order chi connectivity index (χ1) is 12.5. The van der Waals surface area contributed by atoms with Crippen LogP contribution < -0.4 is 5.32 Å². The van der Waals surface area contributed by atoms with Crippen molar-refractivity contribution in [2.45, 2.75) is 52.5 Å². The van der Waals surface area contributed by atoms with Crippen molar-refractivity contribution in [3.63, 3.8) is 0 Å². The quantitative estimate of drug-likeness (QED) is 0.737. The second-order valence-electron chi connectivity index (χ2n) is 6.59. The summed E-state index contributed by atoms with van der Waals surface area (Å²) in [5, 5.41) is 2.88. The lowest BCUT2D eigenvalue weighted by atomic mass is 10.1. The van der Waals surface area contributed by atoms with Crippen LogP contribution in [0.4, 0.5) is 5.69 Å². The van der Waals surface area contributed by atoms with Gasteiger partial charge in [0.2, 0.25) is 17.7 Å². The molecule has 26 heavy (non-hydrogen) atoms. The van der Waals surface area contributed by atoms with Crippen molar-refractivity contribution in [1.29, 1.82) is 0 Å². The normalized spacial score (nSPS) is 13.8. The third-order valence-electron chi connectivity index (χ3n) is 4.67. The fraction of sp³-hybridized carbons (Fsp3) is 0.550. The first kappa shape index (κ1) is 19.9. The Morgan fingerprint density at radius 2 is 1.96 bits per heavy atom. The number of nitrogens with zero attached hydrogens (tertiary/aromatic N) is 2. The van der Waals surface area contributed by atoms with E-state index in [0.717, 1.165) is 24.2 Å². The van der Waals surface area contributed by atoms with Gasteiger partial charge in [0.1, 0.15) is 0 Å². The number of carbonyl (C=O) groups excluding carboxylic acids is 3. The molecule has 1 saturated heterocycles. The zero-order valence-corrected chi connectivity index (χ0v) is 15.8. The van der Waals surface area contributed by atoms with Crippen molar-refractivity contribution in [1.82, 2.24) is 9.80 Å². The van der Waals surface area contributed by atoms with Crippen LogP contribution in [0.2, 0.25) is 0 Å². The minimum absolute atomic E-state index is 0.0910. The van der Waals surface area contributed by atoms with Gasteiger partial charge in [0.25, 0.3) is 0 Å². The summed E-state index contributed by atoms with van der Waals surface area (Å²) in [5.74, 6) is 0.198. The largest absolute Gasteiger partial charge is 0.343 e. The van der Waals surface area contributed by atoms with Crippen molar-refractivity contribution >= 4 is 23.4 Å². The SMILES string of the molecule is CCN(CC)C(=O)CCCC(=O)Nc1cccc(CN2CCCC2=O)c1. The van der Waals surface area contributed by atoms with Crippen LogP contribution in [0.15, 0.2) is 24.3 Å². The van der Waals surface area contributed by atoms with E-state index in [9.17, 15) is 14.4 Å². The molecule has 142 valence electrons. The summed E-state index contributed by atoms with van der Waals surface area (Å²) in [6.45, 7) is 6.70. The highest BCUT2D eigenvalue weighted by molar-refractivity contribution is 5.91. The molecule has 0 saturated carbocycles. The van der Waals surface area contributed by atoms with Crippen LogP contribution in [-0.4, -0.2) is 47.2 Å². The van der Waals surface area contributed by atoms with E-state index in [1.165, 1.54) is 0 Å². The van der Waals surface area contributed by atoms with Crippen LogP contribution >= 0.6 is 0 Å². The lowest BCUT2D eigenvalue weighted by Crippen LogP contribution is -2.30. The summed E-state index contributed by atoms with van der Waals surface area (Å²) in [7, 11) is 0. The third kappa shape index (κ3) is 5.86. The molecule has 1 aromatic rings. The lowest BCUT2D eigenvalue weighted by molar-refractivity contribution is -0.131. The molecule has 0 aromatic heterocycles. The Morgan fingerprint density at radius 1 is 1.19 bits per heavy atom. The minimum atomic E-state index is -0.0910.